The van der Waals surface area contributed by atoms with E-state index in [1.807, 2.05) is 0 Å². The van der Waals surface area contributed by atoms with Gasteiger partial charge in [0.15, 0.2) is 11.6 Å². The van der Waals surface area contributed by atoms with Crippen LogP contribution < -0.4 is 21.9 Å². The molecule has 4 aromatic carbocycles. The van der Waals surface area contributed by atoms with E-state index in [2.05, 4.69) is 10.7 Å². The predicted molar refractivity (Wildman–Crippen MR) is 139 cm³/mol. The molecule has 1 aliphatic carbocycles. The number of hydrogen-bond acceptors (Lipinski definition) is 6. The highest BCUT2D eigenvalue weighted by molar-refractivity contribution is 6.32. The average molecular weight is 487 g/mol. The number of benzene rings is 4. The van der Waals surface area contributed by atoms with Gasteiger partial charge >= 0.3 is 0 Å². The molecule has 1 aliphatic rings. The smallest absolute Gasteiger partial charge is 0.279 e. The van der Waals surface area contributed by atoms with Crippen LogP contribution in [-0.2, 0) is 0 Å². The number of ketones is 2. The van der Waals surface area contributed by atoms with E-state index in [4.69, 9.17) is 0 Å². The number of nitrogens with one attached hydrogen (secondary N) is 2. The van der Waals surface area contributed by atoms with Gasteiger partial charge in [0.05, 0.1) is 22.5 Å². The number of carbonyl (C=O) groups is 3. The van der Waals surface area contributed by atoms with Gasteiger partial charge in [0.1, 0.15) is 0 Å². The Morgan fingerprint density at radius 1 is 0.568 bits per heavy atom. The van der Waals surface area contributed by atoms with Crippen LogP contribution >= 0.6 is 0 Å². The highest BCUT2D eigenvalue weighted by atomic mass is 16.2. The van der Waals surface area contributed by atoms with Gasteiger partial charge in [-0.25, -0.2) is 0 Å². The molecule has 0 radical (unpaired) electrons. The molecule has 2 bridgehead atoms. The summed E-state index contributed by atoms with van der Waals surface area (Å²) in [7, 11) is 0. The van der Waals surface area contributed by atoms with E-state index < -0.39 is 28.6 Å². The first kappa shape index (κ1) is 22.1. The van der Waals surface area contributed by atoms with Crippen LogP contribution in [0.5, 0.6) is 0 Å². The monoisotopic (exact) mass is 487 g/mol. The van der Waals surface area contributed by atoms with Crippen LogP contribution in [0.3, 0.4) is 0 Å². The summed E-state index contributed by atoms with van der Waals surface area (Å²) in [5, 5.41) is 3.31. The van der Waals surface area contributed by atoms with Crippen LogP contribution in [0.15, 0.2) is 101 Å². The number of amides is 1. The van der Waals surface area contributed by atoms with Gasteiger partial charge in [-0.3, -0.25) is 29.4 Å². The molecule has 2 heterocycles. The van der Waals surface area contributed by atoms with E-state index in [0.29, 0.717) is 5.56 Å². The molecule has 37 heavy (non-hydrogen) atoms. The second-order valence-electron chi connectivity index (χ2n) is 8.57. The third-order valence-corrected chi connectivity index (χ3v) is 6.38. The third kappa shape index (κ3) is 3.51. The molecule has 8 heteroatoms. The molecule has 0 saturated carbocycles. The Hall–Kier alpha value is -5.37. The Morgan fingerprint density at radius 3 is 1.62 bits per heavy atom. The quantitative estimate of drug-likeness (QED) is 0.392. The number of nitrogens with zero attached hydrogens (tertiary/aromatic N) is 1. The molecule has 0 atom stereocenters. The lowest BCUT2D eigenvalue weighted by molar-refractivity contribution is 0.0979. The maximum absolute atomic E-state index is 13.7. The van der Waals surface area contributed by atoms with Crippen molar-refractivity contribution in [3.8, 4) is 0 Å². The SMILES string of the molecule is O=C(Nc1ccc(Nn2c(=O)c3ccc(cc3)c2=O)c2c1C(=O)c1ccccc1C2=O)c1ccccc1. The maximum atomic E-state index is 13.7. The van der Waals surface area contributed by atoms with E-state index in [0.717, 1.165) is 4.68 Å². The highest BCUT2D eigenvalue weighted by Gasteiger charge is 2.34. The standard InChI is InChI=1S/C29H17N3O5/c33-25-19-8-4-5-9-20(19)26(34)24-22(31-32-28(36)17-10-11-18(13-12-17)29(32)37)15-14-21(23(24)25)30-27(35)16-6-2-1-3-7-16/h1-15,31H,(H,30,35). The van der Waals surface area contributed by atoms with Crippen molar-refractivity contribution < 1.29 is 14.4 Å². The Labute approximate surface area is 209 Å². The minimum atomic E-state index is -0.602. The molecule has 2 N–H and O–H groups in total. The summed E-state index contributed by atoms with van der Waals surface area (Å²) in [5.41, 5.74) is 2.50. The fourth-order valence-corrected chi connectivity index (χ4v) is 4.53. The molecule has 0 fully saturated rings. The second kappa shape index (κ2) is 8.39. The summed E-state index contributed by atoms with van der Waals surface area (Å²) >= 11 is 0. The van der Waals surface area contributed by atoms with Crippen LogP contribution in [0.1, 0.15) is 42.2 Å². The number of carbonyl (C=O) groups excluding carboxylic acids is 3. The molecule has 0 saturated heterocycles. The Bertz CT molecular complexity index is 1810. The molecular weight excluding hydrogens is 470 g/mol. The van der Waals surface area contributed by atoms with E-state index in [-0.39, 0.29) is 44.4 Å². The lowest BCUT2D eigenvalue weighted by Crippen LogP contribution is -2.36. The molecule has 6 aromatic rings. The number of anilines is 2. The van der Waals surface area contributed by atoms with E-state index in [9.17, 15) is 24.0 Å². The van der Waals surface area contributed by atoms with Crippen LogP contribution in [-0.4, -0.2) is 22.1 Å². The van der Waals surface area contributed by atoms with Crippen molar-refractivity contribution >= 4 is 39.6 Å². The van der Waals surface area contributed by atoms with Crippen molar-refractivity contribution in [3.05, 3.63) is 140 Å². The fraction of sp³-hybridized carbons (Fsp3) is 0. The zero-order valence-corrected chi connectivity index (χ0v) is 19.1. The number of rotatable bonds is 4. The first-order valence-corrected chi connectivity index (χ1v) is 11.4. The van der Waals surface area contributed by atoms with Crippen molar-refractivity contribution in [3.63, 3.8) is 0 Å². The first-order chi connectivity index (χ1) is 17.9. The minimum absolute atomic E-state index is 0.0211. The van der Waals surface area contributed by atoms with Crippen molar-refractivity contribution in [2.45, 2.75) is 0 Å². The topological polar surface area (TPSA) is 114 Å². The van der Waals surface area contributed by atoms with Crippen molar-refractivity contribution in [2.24, 2.45) is 0 Å². The summed E-state index contributed by atoms with van der Waals surface area (Å²) in [6.45, 7) is 0. The van der Waals surface area contributed by atoms with Gasteiger partial charge < -0.3 is 5.32 Å². The molecule has 0 aliphatic heterocycles. The summed E-state index contributed by atoms with van der Waals surface area (Å²) in [6.07, 6.45) is 0. The largest absolute Gasteiger partial charge is 0.321 e. The van der Waals surface area contributed by atoms with Crippen molar-refractivity contribution in [1.29, 1.82) is 0 Å². The van der Waals surface area contributed by atoms with Crippen LogP contribution in [0.4, 0.5) is 11.4 Å². The van der Waals surface area contributed by atoms with Crippen molar-refractivity contribution in [1.82, 2.24) is 4.68 Å². The Morgan fingerprint density at radius 2 is 1.05 bits per heavy atom. The van der Waals surface area contributed by atoms with Gasteiger partial charge in [0.2, 0.25) is 0 Å². The predicted octanol–water partition coefficient (Wildman–Crippen LogP) is 3.70. The van der Waals surface area contributed by atoms with Gasteiger partial charge in [-0.2, -0.15) is 4.68 Å². The lowest BCUT2D eigenvalue weighted by Gasteiger charge is -2.23. The highest BCUT2D eigenvalue weighted by Crippen LogP contribution is 2.36. The summed E-state index contributed by atoms with van der Waals surface area (Å²) in [5.74, 6) is -1.39. The van der Waals surface area contributed by atoms with Crippen LogP contribution in [0.2, 0.25) is 0 Å². The molecule has 7 rings (SSSR count). The first-order valence-electron chi connectivity index (χ1n) is 11.4. The summed E-state index contributed by atoms with van der Waals surface area (Å²) < 4.78 is 0.820. The van der Waals surface area contributed by atoms with Gasteiger partial charge in [-0.15, -0.1) is 0 Å². The Balaban J connectivity index is 1.54. The molecule has 178 valence electrons. The average Bonchev–Trinajstić information content (AvgIpc) is 3.11. The second-order valence-corrected chi connectivity index (χ2v) is 8.57. The number of aromatic nitrogens is 1. The zero-order valence-electron chi connectivity index (χ0n) is 19.1. The van der Waals surface area contributed by atoms with Crippen LogP contribution in [0, 0.1) is 0 Å². The molecule has 0 spiro atoms. The lowest BCUT2D eigenvalue weighted by atomic mass is 9.82. The van der Waals surface area contributed by atoms with Gasteiger partial charge in [0.25, 0.3) is 17.0 Å². The van der Waals surface area contributed by atoms with Gasteiger partial charge in [-0.1, -0.05) is 42.5 Å². The molecule has 0 unspecified atom stereocenters. The molecule has 8 nitrogen and oxygen atoms in total. The number of hydrogen-bond donors (Lipinski definition) is 2. The molecular formula is C29H17N3O5. The Kier molecular flexibility index (Phi) is 5.01. The summed E-state index contributed by atoms with van der Waals surface area (Å²) in [4.78, 5) is 66.2. The van der Waals surface area contributed by atoms with Crippen molar-refractivity contribution in [2.75, 3.05) is 10.7 Å². The maximum Gasteiger partial charge on any atom is 0.279 e. The molecule has 1 amide bonds. The zero-order chi connectivity index (χ0) is 25.7. The van der Waals surface area contributed by atoms with Crippen LogP contribution in [0.25, 0.3) is 10.8 Å². The van der Waals surface area contributed by atoms with E-state index >= 15 is 0 Å². The van der Waals surface area contributed by atoms with Gasteiger partial charge in [0, 0.05) is 27.5 Å². The minimum Gasteiger partial charge on any atom is -0.321 e. The van der Waals surface area contributed by atoms with Gasteiger partial charge in [-0.05, 0) is 48.5 Å². The normalized spacial score (nSPS) is 12.2. The summed E-state index contributed by atoms with van der Waals surface area (Å²) in [6, 6.07) is 23.9. The number of fused-ring (bicyclic) bond motifs is 6. The van der Waals surface area contributed by atoms with E-state index in [1.165, 1.54) is 12.1 Å². The fourth-order valence-electron chi connectivity index (χ4n) is 4.53. The molecule has 2 aromatic heterocycles. The third-order valence-electron chi connectivity index (χ3n) is 6.38. The van der Waals surface area contributed by atoms with E-state index in [1.54, 1.807) is 78.9 Å².